The number of benzene rings is 2. The van der Waals surface area contributed by atoms with Crippen LogP contribution in [0.5, 0.6) is 0 Å². The Kier molecular flexibility index (Phi) is 8.59. The molecule has 1 amide bonds. The molecule has 2 aromatic rings. The highest BCUT2D eigenvalue weighted by atomic mass is 32.2. The van der Waals surface area contributed by atoms with Crippen LogP contribution in [0.4, 0.5) is 5.69 Å². The minimum Gasteiger partial charge on any atom is -0.354 e. The summed E-state index contributed by atoms with van der Waals surface area (Å²) >= 11 is 1.74. The Morgan fingerprint density at radius 3 is 2.24 bits per heavy atom. The van der Waals surface area contributed by atoms with E-state index in [-0.39, 0.29) is 12.5 Å². The van der Waals surface area contributed by atoms with Gasteiger partial charge in [0, 0.05) is 11.4 Å². The number of amides is 1. The number of aryl methyl sites for hydroxylation is 1. The molecular weight excluding hydrogens is 404 g/mol. The van der Waals surface area contributed by atoms with E-state index in [0.29, 0.717) is 18.2 Å². The number of carbonyl (C=O) groups excluding carboxylic acids is 1. The number of sulfonamides is 1. The summed E-state index contributed by atoms with van der Waals surface area (Å²) in [6.45, 7) is 6.51. The fraction of sp³-hybridized carbons (Fsp3) is 0.409. The third-order valence-electron chi connectivity index (χ3n) is 4.47. The maximum Gasteiger partial charge on any atom is 0.240 e. The van der Waals surface area contributed by atoms with Crippen molar-refractivity contribution in [2.45, 2.75) is 38.0 Å². The molecule has 0 aliphatic heterocycles. The first-order valence-corrected chi connectivity index (χ1v) is 12.5. The van der Waals surface area contributed by atoms with Crippen molar-refractivity contribution in [2.75, 3.05) is 29.4 Å². The van der Waals surface area contributed by atoms with E-state index in [1.165, 1.54) is 10.5 Å². The Morgan fingerprint density at radius 1 is 1.07 bits per heavy atom. The molecule has 0 atom stereocenters. The number of carbonyl (C=O) groups is 1. The first-order chi connectivity index (χ1) is 13.7. The van der Waals surface area contributed by atoms with E-state index in [9.17, 15) is 13.2 Å². The highest BCUT2D eigenvalue weighted by Gasteiger charge is 2.20. The Hall–Kier alpha value is -1.99. The zero-order chi connectivity index (χ0) is 21.4. The third-order valence-corrected chi connectivity index (χ3v) is 6.71. The second-order valence-corrected chi connectivity index (χ2v) is 10.5. The lowest BCUT2D eigenvalue weighted by Crippen LogP contribution is -2.40. The van der Waals surface area contributed by atoms with Crippen LogP contribution in [0.1, 0.15) is 37.3 Å². The van der Waals surface area contributed by atoms with Crippen LogP contribution in [0.15, 0.2) is 53.4 Å². The SMILES string of the molecule is Cc1ccc(SCCCNC(=O)CN(c2ccc(C(C)C)cc2)S(C)(=O)=O)cc1. The Morgan fingerprint density at radius 2 is 1.69 bits per heavy atom. The molecule has 0 aliphatic rings. The Balaban J connectivity index is 1.84. The number of thioether (sulfide) groups is 1. The zero-order valence-electron chi connectivity index (χ0n) is 17.5. The van der Waals surface area contributed by atoms with Crippen LogP contribution in [0.3, 0.4) is 0 Å². The molecule has 0 radical (unpaired) electrons. The van der Waals surface area contributed by atoms with E-state index < -0.39 is 10.0 Å². The van der Waals surface area contributed by atoms with Crippen molar-refractivity contribution in [3.8, 4) is 0 Å². The molecule has 7 heteroatoms. The van der Waals surface area contributed by atoms with Gasteiger partial charge < -0.3 is 5.32 Å². The van der Waals surface area contributed by atoms with E-state index >= 15 is 0 Å². The van der Waals surface area contributed by atoms with Crippen LogP contribution >= 0.6 is 11.8 Å². The molecule has 0 bridgehead atoms. The first-order valence-electron chi connectivity index (χ1n) is 9.70. The fourth-order valence-electron chi connectivity index (χ4n) is 2.74. The highest BCUT2D eigenvalue weighted by molar-refractivity contribution is 7.99. The van der Waals surface area contributed by atoms with Crippen LogP contribution in [-0.4, -0.2) is 39.4 Å². The van der Waals surface area contributed by atoms with Gasteiger partial charge in [-0.2, -0.15) is 0 Å². The molecule has 0 heterocycles. The van der Waals surface area contributed by atoms with Crippen molar-refractivity contribution in [1.82, 2.24) is 5.32 Å². The Bertz CT molecular complexity index is 893. The van der Waals surface area contributed by atoms with Crippen molar-refractivity contribution in [1.29, 1.82) is 0 Å². The monoisotopic (exact) mass is 434 g/mol. The van der Waals surface area contributed by atoms with Crippen LogP contribution in [0.2, 0.25) is 0 Å². The molecule has 2 aromatic carbocycles. The summed E-state index contributed by atoms with van der Waals surface area (Å²) in [7, 11) is -3.55. The average molecular weight is 435 g/mol. The topological polar surface area (TPSA) is 66.5 Å². The molecule has 158 valence electrons. The van der Waals surface area contributed by atoms with Gasteiger partial charge in [0.2, 0.25) is 15.9 Å². The van der Waals surface area contributed by atoms with Gasteiger partial charge in [0.15, 0.2) is 0 Å². The molecular formula is C22H30N2O3S2. The molecule has 0 aromatic heterocycles. The van der Waals surface area contributed by atoms with Gasteiger partial charge in [0.05, 0.1) is 11.9 Å². The average Bonchev–Trinajstić information content (AvgIpc) is 2.66. The van der Waals surface area contributed by atoms with E-state index in [0.717, 1.165) is 28.3 Å². The summed E-state index contributed by atoms with van der Waals surface area (Å²) in [6, 6.07) is 15.6. The molecule has 0 fully saturated rings. The lowest BCUT2D eigenvalue weighted by Gasteiger charge is -2.22. The normalized spacial score (nSPS) is 11.5. The molecule has 0 spiro atoms. The van der Waals surface area contributed by atoms with Gasteiger partial charge in [-0.1, -0.05) is 43.7 Å². The molecule has 29 heavy (non-hydrogen) atoms. The second kappa shape index (κ2) is 10.7. The smallest absolute Gasteiger partial charge is 0.240 e. The molecule has 1 N–H and O–H groups in total. The summed E-state index contributed by atoms with van der Waals surface area (Å²) in [4.78, 5) is 13.5. The van der Waals surface area contributed by atoms with Gasteiger partial charge >= 0.3 is 0 Å². The summed E-state index contributed by atoms with van der Waals surface area (Å²) in [5.74, 6) is 0.941. The van der Waals surface area contributed by atoms with Crippen molar-refractivity contribution >= 4 is 33.4 Å². The summed E-state index contributed by atoms with van der Waals surface area (Å²) in [5, 5.41) is 2.82. The molecule has 0 unspecified atom stereocenters. The Labute approximate surface area is 178 Å². The molecule has 2 rings (SSSR count). The minimum absolute atomic E-state index is 0.217. The van der Waals surface area contributed by atoms with Gasteiger partial charge in [0.1, 0.15) is 6.54 Å². The number of rotatable bonds is 10. The van der Waals surface area contributed by atoms with E-state index in [4.69, 9.17) is 0 Å². The first kappa shape index (κ1) is 23.3. The van der Waals surface area contributed by atoms with Crippen molar-refractivity contribution in [3.05, 3.63) is 59.7 Å². The van der Waals surface area contributed by atoms with Crippen molar-refractivity contribution in [2.24, 2.45) is 0 Å². The number of nitrogens with one attached hydrogen (secondary N) is 1. The molecule has 0 saturated heterocycles. The quantitative estimate of drug-likeness (QED) is 0.450. The predicted molar refractivity (Wildman–Crippen MR) is 122 cm³/mol. The lowest BCUT2D eigenvalue weighted by atomic mass is 10.0. The number of anilines is 1. The maximum atomic E-state index is 12.3. The largest absolute Gasteiger partial charge is 0.354 e. The van der Waals surface area contributed by atoms with Gasteiger partial charge in [-0.3, -0.25) is 9.10 Å². The van der Waals surface area contributed by atoms with E-state index in [2.05, 4.69) is 50.4 Å². The van der Waals surface area contributed by atoms with Crippen LogP contribution < -0.4 is 9.62 Å². The summed E-state index contributed by atoms with van der Waals surface area (Å²) in [5.41, 5.74) is 2.86. The maximum absolute atomic E-state index is 12.3. The number of nitrogens with zero attached hydrogens (tertiary/aromatic N) is 1. The van der Waals surface area contributed by atoms with Gasteiger partial charge in [-0.05, 0) is 54.8 Å². The van der Waals surface area contributed by atoms with E-state index in [1.807, 2.05) is 12.1 Å². The minimum atomic E-state index is -3.55. The number of hydrogen-bond donors (Lipinski definition) is 1. The summed E-state index contributed by atoms with van der Waals surface area (Å²) in [6.07, 6.45) is 1.93. The van der Waals surface area contributed by atoms with Crippen molar-refractivity contribution in [3.63, 3.8) is 0 Å². The molecule has 5 nitrogen and oxygen atoms in total. The van der Waals surface area contributed by atoms with Gasteiger partial charge in [-0.25, -0.2) is 8.42 Å². The molecule has 0 aliphatic carbocycles. The van der Waals surface area contributed by atoms with Crippen LogP contribution in [0.25, 0.3) is 0 Å². The van der Waals surface area contributed by atoms with Gasteiger partial charge in [-0.15, -0.1) is 11.8 Å². The number of hydrogen-bond acceptors (Lipinski definition) is 4. The standard InChI is InChI=1S/C22H30N2O3S2/c1-17(2)19-8-10-20(11-9-19)24(29(4,26)27)16-22(25)23-14-5-15-28-21-12-6-18(3)7-13-21/h6-13,17H,5,14-16H2,1-4H3,(H,23,25). The van der Waals surface area contributed by atoms with Gasteiger partial charge in [0.25, 0.3) is 0 Å². The predicted octanol–water partition coefficient (Wildman–Crippen LogP) is 4.18. The zero-order valence-corrected chi connectivity index (χ0v) is 19.1. The summed E-state index contributed by atoms with van der Waals surface area (Å²) < 4.78 is 25.5. The van der Waals surface area contributed by atoms with Crippen LogP contribution in [-0.2, 0) is 14.8 Å². The van der Waals surface area contributed by atoms with Crippen LogP contribution in [0, 0.1) is 6.92 Å². The van der Waals surface area contributed by atoms with E-state index in [1.54, 1.807) is 23.9 Å². The molecule has 0 saturated carbocycles. The lowest BCUT2D eigenvalue weighted by molar-refractivity contribution is -0.119. The van der Waals surface area contributed by atoms with Crippen molar-refractivity contribution < 1.29 is 13.2 Å². The second-order valence-electron chi connectivity index (χ2n) is 7.38. The fourth-order valence-corrected chi connectivity index (χ4v) is 4.45. The third kappa shape index (κ3) is 7.74. The highest BCUT2D eigenvalue weighted by Crippen LogP contribution is 2.22.